The number of fused-ring (bicyclic) bond motifs is 6. The standard InChI is InChI=1S/C72H47F4N/c1-3-46-21-27-52(28-22-46)71(67-42-54(73)31-39-69(67)75)63-19-10-8-17-59(63)61-37-35-57(44-65(61)71)77(56-33-25-49(26-34-56)51-16-12-15-50(41-51)48-13-6-5-7-14-48)58-36-38-62-60-18-9-11-20-64(60)72(66(62)45-58,53-29-23-47(4-2)24-30-53)68-43-55(74)32-40-70(68)76/h3-45H,1-2H2. The van der Waals surface area contributed by atoms with Gasteiger partial charge in [0.05, 0.1) is 10.8 Å². The van der Waals surface area contributed by atoms with Gasteiger partial charge >= 0.3 is 0 Å². The van der Waals surface area contributed by atoms with E-state index in [2.05, 4.69) is 115 Å². The first-order valence-electron chi connectivity index (χ1n) is 25.6. The molecule has 0 heterocycles. The second-order valence-corrected chi connectivity index (χ2v) is 19.8. The summed E-state index contributed by atoms with van der Waals surface area (Å²) in [6.45, 7) is 7.99. The van der Waals surface area contributed by atoms with Gasteiger partial charge in [0.15, 0.2) is 0 Å². The minimum absolute atomic E-state index is 0.181. The summed E-state index contributed by atoms with van der Waals surface area (Å²) in [6.07, 6.45) is 3.53. The molecule has 0 saturated heterocycles. The Bertz CT molecular complexity index is 3920. The van der Waals surface area contributed by atoms with Crippen LogP contribution in [0.25, 0.3) is 56.7 Å². The minimum Gasteiger partial charge on any atom is -0.310 e. The lowest BCUT2D eigenvalue weighted by Crippen LogP contribution is -2.30. The van der Waals surface area contributed by atoms with Crippen LogP contribution in [0.1, 0.15) is 55.6 Å². The summed E-state index contributed by atoms with van der Waals surface area (Å²) in [6, 6.07) is 78.7. The number of benzene rings is 11. The van der Waals surface area contributed by atoms with E-state index >= 15 is 17.6 Å². The van der Waals surface area contributed by atoms with Crippen LogP contribution in [0.2, 0.25) is 0 Å². The molecule has 0 aliphatic heterocycles. The molecule has 2 aliphatic carbocycles. The summed E-state index contributed by atoms with van der Waals surface area (Å²) in [5.74, 6) is -2.20. The number of hydrogen-bond donors (Lipinski definition) is 0. The van der Waals surface area contributed by atoms with Gasteiger partial charge in [-0.1, -0.05) is 195 Å². The summed E-state index contributed by atoms with van der Waals surface area (Å²) >= 11 is 0. The average Bonchev–Trinajstić information content (AvgIpc) is 4.06. The second-order valence-electron chi connectivity index (χ2n) is 19.8. The van der Waals surface area contributed by atoms with E-state index in [1.807, 2.05) is 115 Å². The van der Waals surface area contributed by atoms with Gasteiger partial charge in [-0.25, -0.2) is 17.6 Å². The fourth-order valence-electron chi connectivity index (χ4n) is 12.4. The van der Waals surface area contributed by atoms with Crippen molar-refractivity contribution in [2.24, 2.45) is 0 Å². The van der Waals surface area contributed by atoms with Crippen molar-refractivity contribution >= 4 is 29.2 Å². The maximum atomic E-state index is 17.0. The molecule has 0 spiro atoms. The number of hydrogen-bond acceptors (Lipinski definition) is 1. The van der Waals surface area contributed by atoms with E-state index in [0.29, 0.717) is 0 Å². The lowest BCUT2D eigenvalue weighted by atomic mass is 9.67. The highest BCUT2D eigenvalue weighted by Crippen LogP contribution is 2.60. The van der Waals surface area contributed by atoms with Crippen LogP contribution in [0.15, 0.2) is 262 Å². The molecule has 0 fully saturated rings. The fourth-order valence-corrected chi connectivity index (χ4v) is 12.4. The van der Waals surface area contributed by atoms with Crippen LogP contribution in [0.4, 0.5) is 34.6 Å². The monoisotopic (exact) mass is 1000 g/mol. The molecule has 2 atom stereocenters. The molecule has 0 aromatic heterocycles. The van der Waals surface area contributed by atoms with E-state index in [1.54, 1.807) is 12.2 Å². The zero-order chi connectivity index (χ0) is 52.4. The lowest BCUT2D eigenvalue weighted by Gasteiger charge is -2.36. The molecule has 368 valence electrons. The van der Waals surface area contributed by atoms with Crippen LogP contribution in [0.3, 0.4) is 0 Å². The quantitative estimate of drug-likeness (QED) is 0.117. The van der Waals surface area contributed by atoms with Crippen molar-refractivity contribution in [1.82, 2.24) is 0 Å². The van der Waals surface area contributed by atoms with E-state index in [1.165, 1.54) is 24.3 Å². The van der Waals surface area contributed by atoms with E-state index in [9.17, 15) is 0 Å². The molecular weight excluding hydrogens is 955 g/mol. The molecule has 0 N–H and O–H groups in total. The Labute approximate surface area is 445 Å². The highest BCUT2D eigenvalue weighted by Gasteiger charge is 2.50. The predicted octanol–water partition coefficient (Wildman–Crippen LogP) is 19.1. The first kappa shape index (κ1) is 47.2. The van der Waals surface area contributed by atoms with Crippen molar-refractivity contribution in [3.05, 3.63) is 341 Å². The van der Waals surface area contributed by atoms with Gasteiger partial charge in [0.25, 0.3) is 0 Å². The van der Waals surface area contributed by atoms with Crippen molar-refractivity contribution < 1.29 is 17.6 Å². The van der Waals surface area contributed by atoms with E-state index in [-0.39, 0.29) is 11.1 Å². The van der Waals surface area contributed by atoms with Gasteiger partial charge in [-0.15, -0.1) is 0 Å². The summed E-state index contributed by atoms with van der Waals surface area (Å²) in [7, 11) is 0. The highest BCUT2D eigenvalue weighted by atomic mass is 19.1. The Morgan fingerprint density at radius 2 is 0.701 bits per heavy atom. The minimum atomic E-state index is -1.31. The Hall–Kier alpha value is -9.58. The normalized spacial score (nSPS) is 15.7. The third-order valence-electron chi connectivity index (χ3n) is 15.8. The van der Waals surface area contributed by atoms with Crippen LogP contribution < -0.4 is 4.90 Å². The van der Waals surface area contributed by atoms with Gasteiger partial charge in [-0.2, -0.15) is 0 Å². The third kappa shape index (κ3) is 7.44. The Kier molecular flexibility index (Phi) is 11.4. The number of anilines is 3. The molecule has 1 nitrogen and oxygen atoms in total. The molecule has 11 aromatic carbocycles. The van der Waals surface area contributed by atoms with E-state index < -0.39 is 34.1 Å². The SMILES string of the molecule is C=Cc1ccc(C2(c3cc(F)ccc3F)c3ccccc3-c3ccc(N(c4ccc(-c5cccc(-c6ccccc6)c5)cc4)c4ccc5c(c4)C(c4ccc(C=C)cc4)(c4cc(F)ccc4F)c4ccccc4-5)cc32)cc1. The van der Waals surface area contributed by atoms with Gasteiger partial charge in [-0.3, -0.25) is 0 Å². The van der Waals surface area contributed by atoms with Crippen LogP contribution >= 0.6 is 0 Å². The summed E-state index contributed by atoms with van der Waals surface area (Å²) in [5.41, 5.74) is 14.3. The summed E-state index contributed by atoms with van der Waals surface area (Å²) < 4.78 is 65.7. The zero-order valence-electron chi connectivity index (χ0n) is 41.7. The van der Waals surface area contributed by atoms with Gasteiger partial charge in [0.2, 0.25) is 0 Å². The number of nitrogens with zero attached hydrogens (tertiary/aromatic N) is 1. The van der Waals surface area contributed by atoms with Crippen LogP contribution in [-0.2, 0) is 10.8 Å². The van der Waals surface area contributed by atoms with E-state index in [0.717, 1.165) is 118 Å². The Morgan fingerprint density at radius 3 is 1.17 bits per heavy atom. The van der Waals surface area contributed by atoms with Gasteiger partial charge in [0, 0.05) is 28.2 Å². The smallest absolute Gasteiger partial charge is 0.128 e. The van der Waals surface area contributed by atoms with Crippen LogP contribution in [0.5, 0.6) is 0 Å². The molecule has 5 heteroatoms. The first-order chi connectivity index (χ1) is 37.7. The summed E-state index contributed by atoms with van der Waals surface area (Å²) in [5, 5.41) is 0. The van der Waals surface area contributed by atoms with Crippen molar-refractivity contribution in [3.8, 4) is 44.5 Å². The first-order valence-corrected chi connectivity index (χ1v) is 25.6. The van der Waals surface area contributed by atoms with Gasteiger partial charge in [0.1, 0.15) is 23.3 Å². The number of halogens is 4. The largest absolute Gasteiger partial charge is 0.310 e. The third-order valence-corrected chi connectivity index (χ3v) is 15.8. The van der Waals surface area contributed by atoms with Crippen molar-refractivity contribution in [2.75, 3.05) is 4.90 Å². The predicted molar refractivity (Wildman–Crippen MR) is 307 cm³/mol. The molecule has 0 amide bonds. The highest BCUT2D eigenvalue weighted by molar-refractivity contribution is 5.93. The van der Waals surface area contributed by atoms with Crippen molar-refractivity contribution in [1.29, 1.82) is 0 Å². The fraction of sp³-hybridized carbons (Fsp3) is 0.0278. The second kappa shape index (κ2) is 18.7. The molecule has 0 saturated carbocycles. The van der Waals surface area contributed by atoms with Crippen molar-refractivity contribution in [3.63, 3.8) is 0 Å². The molecule has 2 aliphatic rings. The molecule has 0 radical (unpaired) electrons. The molecule has 11 aromatic rings. The number of rotatable bonds is 11. The molecule has 77 heavy (non-hydrogen) atoms. The maximum Gasteiger partial charge on any atom is 0.128 e. The Balaban J connectivity index is 1.08. The van der Waals surface area contributed by atoms with Gasteiger partial charge < -0.3 is 4.90 Å². The zero-order valence-corrected chi connectivity index (χ0v) is 41.7. The van der Waals surface area contributed by atoms with Gasteiger partial charge in [-0.05, 0) is 168 Å². The van der Waals surface area contributed by atoms with Crippen molar-refractivity contribution in [2.45, 2.75) is 10.8 Å². The lowest BCUT2D eigenvalue weighted by molar-refractivity contribution is 0.564. The average molecular weight is 1000 g/mol. The van der Waals surface area contributed by atoms with E-state index in [4.69, 9.17) is 0 Å². The topological polar surface area (TPSA) is 3.24 Å². The van der Waals surface area contributed by atoms with Crippen LogP contribution in [0, 0.1) is 23.3 Å². The molecular formula is C72H47F4N. The summed E-state index contributed by atoms with van der Waals surface area (Å²) in [4.78, 5) is 2.16. The van der Waals surface area contributed by atoms with Crippen LogP contribution in [-0.4, -0.2) is 0 Å². The molecule has 0 bridgehead atoms. The Morgan fingerprint density at radius 1 is 0.299 bits per heavy atom. The molecule has 2 unspecified atom stereocenters. The maximum absolute atomic E-state index is 17.0. The molecule has 13 rings (SSSR count).